The summed E-state index contributed by atoms with van der Waals surface area (Å²) < 4.78 is 5.02. The molecule has 2 aromatic rings. The van der Waals surface area contributed by atoms with Crippen LogP contribution in [0.15, 0.2) is 22.7 Å². The molecule has 2 N–H and O–H groups in total. The van der Waals surface area contributed by atoms with Crippen molar-refractivity contribution in [3.63, 3.8) is 0 Å². The van der Waals surface area contributed by atoms with Gasteiger partial charge in [0.25, 0.3) is 5.91 Å². The molecule has 0 atom stereocenters. The smallest absolute Gasteiger partial charge is 0.251 e. The Bertz CT molecular complexity index is 651. The maximum atomic E-state index is 12.3. The second kappa shape index (κ2) is 6.05. The monoisotopic (exact) mass is 286 g/mol. The lowest BCUT2D eigenvalue weighted by atomic mass is 9.95. The van der Waals surface area contributed by atoms with Crippen LogP contribution in [0.2, 0.25) is 0 Å². The van der Waals surface area contributed by atoms with Crippen molar-refractivity contribution in [1.29, 1.82) is 0 Å². The highest BCUT2D eigenvalue weighted by Gasteiger charge is 2.17. The van der Waals surface area contributed by atoms with E-state index in [4.69, 9.17) is 4.52 Å². The molecule has 0 spiro atoms. The van der Waals surface area contributed by atoms with E-state index in [1.807, 2.05) is 12.1 Å². The molecule has 0 saturated carbocycles. The molecule has 0 bridgehead atoms. The van der Waals surface area contributed by atoms with E-state index in [2.05, 4.69) is 26.8 Å². The zero-order valence-corrected chi connectivity index (χ0v) is 12.0. The lowest BCUT2D eigenvalue weighted by Gasteiger charge is -2.19. The number of amides is 1. The highest BCUT2D eigenvalue weighted by atomic mass is 16.5. The van der Waals surface area contributed by atoms with E-state index in [1.165, 1.54) is 5.56 Å². The van der Waals surface area contributed by atoms with Crippen LogP contribution >= 0.6 is 0 Å². The van der Waals surface area contributed by atoms with Crippen molar-refractivity contribution >= 4 is 5.91 Å². The van der Waals surface area contributed by atoms with Crippen molar-refractivity contribution < 1.29 is 9.32 Å². The predicted molar refractivity (Wildman–Crippen MR) is 76.9 cm³/mol. The number of nitrogens with zero attached hydrogens (tertiary/aromatic N) is 2. The van der Waals surface area contributed by atoms with Crippen molar-refractivity contribution in [3.05, 3.63) is 46.6 Å². The van der Waals surface area contributed by atoms with Gasteiger partial charge in [-0.3, -0.25) is 4.79 Å². The van der Waals surface area contributed by atoms with Crippen LogP contribution in [0.4, 0.5) is 0 Å². The first-order valence-corrected chi connectivity index (χ1v) is 7.13. The molecular weight excluding hydrogens is 268 g/mol. The molecule has 0 radical (unpaired) electrons. The average Bonchev–Trinajstić information content (AvgIpc) is 2.92. The molecule has 110 valence electrons. The zero-order chi connectivity index (χ0) is 14.7. The summed E-state index contributed by atoms with van der Waals surface area (Å²) in [6, 6.07) is 5.89. The Balaban J connectivity index is 1.63. The SMILES string of the molecule is Cc1noc(CCNC(=O)c2cccc3c2CCNC3)n1. The normalized spacial score (nSPS) is 13.8. The van der Waals surface area contributed by atoms with Crippen LogP contribution in [0, 0.1) is 6.92 Å². The zero-order valence-electron chi connectivity index (χ0n) is 12.0. The summed E-state index contributed by atoms with van der Waals surface area (Å²) in [5, 5.41) is 9.96. The Morgan fingerprint density at radius 3 is 3.19 bits per heavy atom. The first-order valence-electron chi connectivity index (χ1n) is 7.13. The number of nitrogens with one attached hydrogen (secondary N) is 2. The quantitative estimate of drug-likeness (QED) is 0.876. The van der Waals surface area contributed by atoms with Gasteiger partial charge in [-0.25, -0.2) is 0 Å². The van der Waals surface area contributed by atoms with Crippen LogP contribution in [0.5, 0.6) is 0 Å². The number of rotatable bonds is 4. The Morgan fingerprint density at radius 1 is 1.48 bits per heavy atom. The number of hydrogen-bond acceptors (Lipinski definition) is 5. The third-order valence-corrected chi connectivity index (χ3v) is 3.58. The van der Waals surface area contributed by atoms with E-state index in [0.29, 0.717) is 24.7 Å². The van der Waals surface area contributed by atoms with Crippen LogP contribution in [0.25, 0.3) is 0 Å². The van der Waals surface area contributed by atoms with Gasteiger partial charge < -0.3 is 15.2 Å². The van der Waals surface area contributed by atoms with Gasteiger partial charge in [0.2, 0.25) is 5.89 Å². The number of carbonyl (C=O) groups is 1. The molecule has 0 unspecified atom stereocenters. The van der Waals surface area contributed by atoms with Crippen molar-refractivity contribution in [2.45, 2.75) is 26.3 Å². The summed E-state index contributed by atoms with van der Waals surface area (Å²) in [6.45, 7) is 4.01. The van der Waals surface area contributed by atoms with Gasteiger partial charge in [-0.1, -0.05) is 17.3 Å². The van der Waals surface area contributed by atoms with E-state index in [9.17, 15) is 4.79 Å². The minimum atomic E-state index is -0.0370. The second-order valence-electron chi connectivity index (χ2n) is 5.11. The van der Waals surface area contributed by atoms with Gasteiger partial charge in [0.15, 0.2) is 5.82 Å². The molecule has 1 aromatic carbocycles. The van der Waals surface area contributed by atoms with Crippen molar-refractivity contribution in [1.82, 2.24) is 20.8 Å². The molecule has 0 aliphatic carbocycles. The van der Waals surface area contributed by atoms with E-state index in [1.54, 1.807) is 6.92 Å². The van der Waals surface area contributed by atoms with E-state index >= 15 is 0 Å². The fourth-order valence-electron chi connectivity index (χ4n) is 2.56. The Hall–Kier alpha value is -2.21. The highest BCUT2D eigenvalue weighted by Crippen LogP contribution is 2.18. The Kier molecular flexibility index (Phi) is 3.96. The number of carbonyl (C=O) groups excluding carboxylic acids is 1. The van der Waals surface area contributed by atoms with Crippen LogP contribution in [-0.4, -0.2) is 29.1 Å². The molecule has 1 aliphatic heterocycles. The van der Waals surface area contributed by atoms with E-state index in [0.717, 1.165) is 30.6 Å². The van der Waals surface area contributed by atoms with E-state index in [-0.39, 0.29) is 5.91 Å². The number of benzene rings is 1. The standard InChI is InChI=1S/C15H18N4O2/c1-10-18-14(21-19-10)6-8-17-15(20)13-4-2-3-11-9-16-7-5-12(11)13/h2-4,16H,5-9H2,1H3,(H,17,20). The van der Waals surface area contributed by atoms with Gasteiger partial charge in [0.05, 0.1) is 0 Å². The lowest BCUT2D eigenvalue weighted by Crippen LogP contribution is -2.30. The minimum Gasteiger partial charge on any atom is -0.352 e. The van der Waals surface area contributed by atoms with Gasteiger partial charge >= 0.3 is 0 Å². The number of aryl methyl sites for hydroxylation is 1. The fraction of sp³-hybridized carbons (Fsp3) is 0.400. The molecule has 1 aliphatic rings. The van der Waals surface area contributed by atoms with Gasteiger partial charge in [-0.15, -0.1) is 0 Å². The lowest BCUT2D eigenvalue weighted by molar-refractivity contribution is 0.0952. The summed E-state index contributed by atoms with van der Waals surface area (Å²) in [5.74, 6) is 1.12. The molecule has 6 nitrogen and oxygen atoms in total. The van der Waals surface area contributed by atoms with Crippen LogP contribution in [0.3, 0.4) is 0 Å². The minimum absolute atomic E-state index is 0.0370. The molecule has 2 heterocycles. The van der Waals surface area contributed by atoms with E-state index < -0.39 is 0 Å². The van der Waals surface area contributed by atoms with Crippen LogP contribution < -0.4 is 10.6 Å². The molecule has 3 rings (SSSR count). The molecule has 21 heavy (non-hydrogen) atoms. The first kappa shape index (κ1) is 13.8. The van der Waals surface area contributed by atoms with Crippen LogP contribution in [-0.2, 0) is 19.4 Å². The molecule has 1 aromatic heterocycles. The molecular formula is C15H18N4O2. The summed E-state index contributed by atoms with van der Waals surface area (Å²) in [4.78, 5) is 16.4. The fourth-order valence-corrected chi connectivity index (χ4v) is 2.56. The summed E-state index contributed by atoms with van der Waals surface area (Å²) in [5.41, 5.74) is 3.14. The van der Waals surface area contributed by atoms with Crippen molar-refractivity contribution in [2.75, 3.05) is 13.1 Å². The third-order valence-electron chi connectivity index (χ3n) is 3.58. The third kappa shape index (κ3) is 3.11. The topological polar surface area (TPSA) is 80.0 Å². The van der Waals surface area contributed by atoms with Gasteiger partial charge in [-0.05, 0) is 37.1 Å². The average molecular weight is 286 g/mol. The van der Waals surface area contributed by atoms with Gasteiger partial charge in [0, 0.05) is 25.1 Å². The summed E-state index contributed by atoms with van der Waals surface area (Å²) in [6.07, 6.45) is 1.44. The van der Waals surface area contributed by atoms with Gasteiger partial charge in [0.1, 0.15) is 0 Å². The van der Waals surface area contributed by atoms with Crippen molar-refractivity contribution in [2.24, 2.45) is 0 Å². The summed E-state index contributed by atoms with van der Waals surface area (Å²) in [7, 11) is 0. The number of hydrogen-bond donors (Lipinski definition) is 2. The maximum absolute atomic E-state index is 12.3. The Morgan fingerprint density at radius 2 is 2.38 bits per heavy atom. The number of aromatic nitrogens is 2. The van der Waals surface area contributed by atoms with Gasteiger partial charge in [-0.2, -0.15) is 4.98 Å². The van der Waals surface area contributed by atoms with Crippen molar-refractivity contribution in [3.8, 4) is 0 Å². The maximum Gasteiger partial charge on any atom is 0.251 e. The molecule has 0 saturated heterocycles. The molecule has 6 heteroatoms. The summed E-state index contributed by atoms with van der Waals surface area (Å²) >= 11 is 0. The second-order valence-corrected chi connectivity index (χ2v) is 5.11. The Labute approximate surface area is 122 Å². The molecule has 0 fully saturated rings. The predicted octanol–water partition coefficient (Wildman–Crippen LogP) is 0.996. The largest absolute Gasteiger partial charge is 0.352 e. The number of fused-ring (bicyclic) bond motifs is 1. The van der Waals surface area contributed by atoms with Crippen LogP contribution in [0.1, 0.15) is 33.2 Å². The highest BCUT2D eigenvalue weighted by molar-refractivity contribution is 5.96. The first-order chi connectivity index (χ1) is 10.2. The molecule has 1 amide bonds.